The summed E-state index contributed by atoms with van der Waals surface area (Å²) in [4.78, 5) is 2.95. The van der Waals surface area contributed by atoms with Crippen LogP contribution in [0.3, 0.4) is 0 Å². The molecular formula is C11H11NS2. The third-order valence-electron chi connectivity index (χ3n) is 2.61. The van der Waals surface area contributed by atoms with Crippen molar-refractivity contribution in [1.82, 2.24) is 5.32 Å². The zero-order valence-corrected chi connectivity index (χ0v) is 9.33. The quantitative estimate of drug-likeness (QED) is 0.780. The highest BCUT2D eigenvalue weighted by Crippen LogP contribution is 2.34. The van der Waals surface area contributed by atoms with Crippen molar-refractivity contribution in [2.75, 3.05) is 6.54 Å². The van der Waals surface area contributed by atoms with Gasteiger partial charge in [-0.2, -0.15) is 0 Å². The van der Waals surface area contributed by atoms with E-state index in [4.69, 9.17) is 0 Å². The molecule has 0 saturated heterocycles. The molecule has 2 aromatic heterocycles. The van der Waals surface area contributed by atoms with E-state index in [9.17, 15) is 0 Å². The summed E-state index contributed by atoms with van der Waals surface area (Å²) in [7, 11) is 0. The van der Waals surface area contributed by atoms with E-state index in [0.29, 0.717) is 6.04 Å². The average molecular weight is 221 g/mol. The van der Waals surface area contributed by atoms with Crippen molar-refractivity contribution in [3.63, 3.8) is 0 Å². The lowest BCUT2D eigenvalue weighted by Gasteiger charge is -2.22. The molecule has 3 heterocycles. The van der Waals surface area contributed by atoms with E-state index in [1.54, 1.807) is 0 Å². The summed E-state index contributed by atoms with van der Waals surface area (Å²) in [6.07, 6.45) is 1.18. The Morgan fingerprint density at radius 1 is 1.21 bits per heavy atom. The first kappa shape index (κ1) is 8.65. The second-order valence-corrected chi connectivity index (χ2v) is 5.39. The van der Waals surface area contributed by atoms with Gasteiger partial charge in [-0.3, -0.25) is 0 Å². The van der Waals surface area contributed by atoms with Crippen LogP contribution in [0, 0.1) is 0 Å². The Morgan fingerprint density at radius 2 is 2.21 bits per heavy atom. The summed E-state index contributed by atoms with van der Waals surface area (Å²) in [6, 6.07) is 7.07. The van der Waals surface area contributed by atoms with Crippen LogP contribution in [-0.2, 0) is 6.42 Å². The molecule has 1 unspecified atom stereocenters. The minimum absolute atomic E-state index is 0.457. The van der Waals surface area contributed by atoms with Crippen LogP contribution in [0.1, 0.15) is 21.4 Å². The Kier molecular flexibility index (Phi) is 2.16. The van der Waals surface area contributed by atoms with E-state index in [0.717, 1.165) is 6.54 Å². The van der Waals surface area contributed by atoms with Crippen LogP contribution in [0.5, 0.6) is 0 Å². The third-order valence-corrected chi connectivity index (χ3v) is 4.57. The molecule has 1 aliphatic heterocycles. The summed E-state index contributed by atoms with van der Waals surface area (Å²) < 4.78 is 0. The lowest BCUT2D eigenvalue weighted by atomic mass is 10.0. The minimum atomic E-state index is 0.457. The fraction of sp³-hybridized carbons (Fsp3) is 0.273. The van der Waals surface area contributed by atoms with Crippen LogP contribution in [0.4, 0.5) is 0 Å². The predicted octanol–water partition coefficient (Wildman–Crippen LogP) is 3.04. The van der Waals surface area contributed by atoms with Crippen LogP contribution in [0.15, 0.2) is 29.0 Å². The van der Waals surface area contributed by atoms with Crippen molar-refractivity contribution in [2.24, 2.45) is 0 Å². The van der Waals surface area contributed by atoms with Gasteiger partial charge in [0.25, 0.3) is 0 Å². The molecule has 1 nitrogen and oxygen atoms in total. The number of thiophene rings is 2. The largest absolute Gasteiger partial charge is 0.305 e. The number of rotatable bonds is 1. The van der Waals surface area contributed by atoms with Gasteiger partial charge in [-0.05, 0) is 34.9 Å². The highest BCUT2D eigenvalue weighted by molar-refractivity contribution is 7.11. The molecule has 0 fully saturated rings. The highest BCUT2D eigenvalue weighted by Gasteiger charge is 2.22. The molecule has 3 heteroatoms. The number of hydrogen-bond donors (Lipinski definition) is 1. The molecule has 3 rings (SSSR count). The summed E-state index contributed by atoms with van der Waals surface area (Å²) in [5, 5.41) is 7.94. The van der Waals surface area contributed by atoms with Crippen LogP contribution >= 0.6 is 22.7 Å². The van der Waals surface area contributed by atoms with Gasteiger partial charge in [-0.15, -0.1) is 22.7 Å². The third kappa shape index (κ3) is 1.32. The molecule has 0 aromatic carbocycles. The minimum Gasteiger partial charge on any atom is -0.305 e. The molecule has 1 aliphatic rings. The maximum Gasteiger partial charge on any atom is 0.0767 e. The SMILES string of the molecule is c1csc(C2NCCc3ccsc32)c1. The van der Waals surface area contributed by atoms with Gasteiger partial charge in [0, 0.05) is 16.3 Å². The molecule has 1 atom stereocenters. The summed E-state index contributed by atoms with van der Waals surface area (Å²) in [5.74, 6) is 0. The molecular weight excluding hydrogens is 210 g/mol. The van der Waals surface area contributed by atoms with Crippen LogP contribution < -0.4 is 5.32 Å². The lowest BCUT2D eigenvalue weighted by molar-refractivity contribution is 0.585. The van der Waals surface area contributed by atoms with Crippen molar-refractivity contribution >= 4 is 22.7 Å². The molecule has 0 aliphatic carbocycles. The van der Waals surface area contributed by atoms with Gasteiger partial charge in [0.15, 0.2) is 0 Å². The van der Waals surface area contributed by atoms with Crippen LogP contribution in [0.25, 0.3) is 0 Å². The number of fused-ring (bicyclic) bond motifs is 1. The molecule has 0 saturated carbocycles. The van der Waals surface area contributed by atoms with Gasteiger partial charge in [-0.25, -0.2) is 0 Å². The maximum absolute atomic E-state index is 3.58. The topological polar surface area (TPSA) is 12.0 Å². The molecule has 0 amide bonds. The lowest BCUT2D eigenvalue weighted by Crippen LogP contribution is -2.28. The molecule has 0 radical (unpaired) electrons. The molecule has 14 heavy (non-hydrogen) atoms. The Bertz CT molecular complexity index is 416. The first-order valence-electron chi connectivity index (χ1n) is 4.78. The Balaban J connectivity index is 2.04. The number of hydrogen-bond acceptors (Lipinski definition) is 3. The van der Waals surface area contributed by atoms with E-state index in [1.165, 1.54) is 21.7 Å². The van der Waals surface area contributed by atoms with Gasteiger partial charge in [-0.1, -0.05) is 6.07 Å². The van der Waals surface area contributed by atoms with E-state index in [2.05, 4.69) is 34.3 Å². The standard InChI is InChI=1S/C11H11NS2/c1-2-9(13-6-1)10-11-8(3-5-12-10)4-7-14-11/h1-2,4,6-7,10,12H,3,5H2. The van der Waals surface area contributed by atoms with Crippen molar-refractivity contribution in [1.29, 1.82) is 0 Å². The van der Waals surface area contributed by atoms with Gasteiger partial charge in [0.05, 0.1) is 6.04 Å². The average Bonchev–Trinajstić information content (AvgIpc) is 2.88. The monoisotopic (exact) mass is 221 g/mol. The zero-order valence-electron chi connectivity index (χ0n) is 7.69. The van der Waals surface area contributed by atoms with Crippen molar-refractivity contribution in [3.8, 4) is 0 Å². The fourth-order valence-electron chi connectivity index (χ4n) is 1.94. The zero-order chi connectivity index (χ0) is 9.38. The van der Waals surface area contributed by atoms with Gasteiger partial charge < -0.3 is 5.32 Å². The first-order valence-corrected chi connectivity index (χ1v) is 6.54. The molecule has 72 valence electrons. The Labute approximate surface area is 91.4 Å². The molecule has 0 spiro atoms. The van der Waals surface area contributed by atoms with E-state index in [1.807, 2.05) is 22.7 Å². The van der Waals surface area contributed by atoms with Crippen molar-refractivity contribution in [2.45, 2.75) is 12.5 Å². The summed E-state index contributed by atoms with van der Waals surface area (Å²) in [6.45, 7) is 1.10. The van der Waals surface area contributed by atoms with Gasteiger partial charge in [0.2, 0.25) is 0 Å². The highest BCUT2D eigenvalue weighted by atomic mass is 32.1. The van der Waals surface area contributed by atoms with Crippen molar-refractivity contribution in [3.05, 3.63) is 44.3 Å². The molecule has 1 N–H and O–H groups in total. The normalized spacial score (nSPS) is 20.7. The summed E-state index contributed by atoms with van der Waals surface area (Å²) in [5.41, 5.74) is 1.53. The van der Waals surface area contributed by atoms with E-state index in [-0.39, 0.29) is 0 Å². The molecule has 2 aromatic rings. The second kappa shape index (κ2) is 3.50. The van der Waals surface area contributed by atoms with Gasteiger partial charge >= 0.3 is 0 Å². The van der Waals surface area contributed by atoms with E-state index >= 15 is 0 Å². The van der Waals surface area contributed by atoms with Crippen LogP contribution in [0.2, 0.25) is 0 Å². The van der Waals surface area contributed by atoms with Crippen LogP contribution in [-0.4, -0.2) is 6.54 Å². The Morgan fingerprint density at radius 3 is 3.07 bits per heavy atom. The maximum atomic E-state index is 3.58. The van der Waals surface area contributed by atoms with Crippen molar-refractivity contribution < 1.29 is 0 Å². The fourth-order valence-corrected chi connectivity index (χ4v) is 3.87. The molecule has 0 bridgehead atoms. The predicted molar refractivity (Wildman–Crippen MR) is 62.2 cm³/mol. The second-order valence-electron chi connectivity index (χ2n) is 3.46. The first-order chi connectivity index (χ1) is 6.95. The van der Waals surface area contributed by atoms with Gasteiger partial charge in [0.1, 0.15) is 0 Å². The Hall–Kier alpha value is -0.640. The smallest absolute Gasteiger partial charge is 0.0767 e. The number of nitrogens with one attached hydrogen (secondary N) is 1. The summed E-state index contributed by atoms with van der Waals surface area (Å²) >= 11 is 3.72. The van der Waals surface area contributed by atoms with E-state index < -0.39 is 0 Å².